The lowest BCUT2D eigenvalue weighted by Gasteiger charge is -2.32. The highest BCUT2D eigenvalue weighted by Crippen LogP contribution is 2.14. The first-order valence-corrected chi connectivity index (χ1v) is 11.0. The van der Waals surface area contributed by atoms with Crippen molar-refractivity contribution < 1.29 is 14.5 Å². The van der Waals surface area contributed by atoms with Crippen LogP contribution in [0.1, 0.15) is 53.2 Å². The van der Waals surface area contributed by atoms with Crippen molar-refractivity contribution in [2.45, 2.75) is 39.7 Å². The van der Waals surface area contributed by atoms with Gasteiger partial charge >= 0.3 is 0 Å². The molecule has 5 nitrogen and oxygen atoms in total. The van der Waals surface area contributed by atoms with E-state index in [1.165, 1.54) is 16.0 Å². The fraction of sp³-hybridized carbons (Fsp3) is 0.440. The summed E-state index contributed by atoms with van der Waals surface area (Å²) in [7, 11) is 0. The lowest BCUT2D eigenvalue weighted by Crippen LogP contribution is -3.13. The van der Waals surface area contributed by atoms with Gasteiger partial charge in [-0.2, -0.15) is 0 Å². The SMILES string of the molecule is Cc1ccccc1C(=O)NCCC(=O)N1CC[NH+](Cc2ccc(C(C)C)cc2)CC1. The fourth-order valence-electron chi connectivity index (χ4n) is 3.92. The molecule has 0 bridgehead atoms. The van der Waals surface area contributed by atoms with Gasteiger partial charge in [-0.1, -0.05) is 56.3 Å². The maximum atomic E-state index is 12.5. The summed E-state index contributed by atoms with van der Waals surface area (Å²) in [5, 5.41) is 2.87. The molecule has 1 heterocycles. The Hall–Kier alpha value is -2.66. The highest BCUT2D eigenvalue weighted by atomic mass is 16.2. The zero-order valence-electron chi connectivity index (χ0n) is 18.4. The van der Waals surface area contributed by atoms with Crippen molar-refractivity contribution >= 4 is 11.8 Å². The molecule has 0 radical (unpaired) electrons. The summed E-state index contributed by atoms with van der Waals surface area (Å²) < 4.78 is 0. The molecular formula is C25H34N3O2+. The standard InChI is InChI=1S/C25H33N3O2/c1-19(2)22-10-8-21(9-11-22)18-27-14-16-28(17-15-27)24(29)12-13-26-25(30)23-7-5-4-6-20(23)3/h4-11,19H,12-18H2,1-3H3,(H,26,30)/p+1. The molecule has 1 aliphatic heterocycles. The van der Waals surface area contributed by atoms with E-state index in [4.69, 9.17) is 0 Å². The van der Waals surface area contributed by atoms with Gasteiger partial charge < -0.3 is 15.1 Å². The summed E-state index contributed by atoms with van der Waals surface area (Å²) in [5.41, 5.74) is 4.34. The second kappa shape index (κ2) is 10.4. The van der Waals surface area contributed by atoms with Gasteiger partial charge in [0.15, 0.2) is 0 Å². The minimum atomic E-state index is -0.112. The number of rotatable bonds is 7. The summed E-state index contributed by atoms with van der Waals surface area (Å²) >= 11 is 0. The molecule has 0 aliphatic carbocycles. The van der Waals surface area contributed by atoms with Crippen LogP contribution in [-0.2, 0) is 11.3 Å². The van der Waals surface area contributed by atoms with Crippen LogP contribution in [0.4, 0.5) is 0 Å². The average Bonchev–Trinajstić information content (AvgIpc) is 2.75. The van der Waals surface area contributed by atoms with Crippen LogP contribution in [0.3, 0.4) is 0 Å². The molecule has 0 aromatic heterocycles. The molecule has 5 heteroatoms. The Morgan fingerprint density at radius 3 is 2.33 bits per heavy atom. The Balaban J connectivity index is 1.38. The van der Waals surface area contributed by atoms with E-state index >= 15 is 0 Å². The van der Waals surface area contributed by atoms with Crippen molar-refractivity contribution in [3.8, 4) is 0 Å². The summed E-state index contributed by atoms with van der Waals surface area (Å²) in [4.78, 5) is 28.2. The number of nitrogens with one attached hydrogen (secondary N) is 2. The van der Waals surface area contributed by atoms with Gasteiger partial charge in [-0.05, 0) is 30.0 Å². The second-order valence-corrected chi connectivity index (χ2v) is 8.52. The molecule has 0 spiro atoms. The van der Waals surface area contributed by atoms with Crippen molar-refractivity contribution in [2.75, 3.05) is 32.7 Å². The Morgan fingerprint density at radius 2 is 1.70 bits per heavy atom. The zero-order chi connectivity index (χ0) is 21.5. The Morgan fingerprint density at radius 1 is 1.03 bits per heavy atom. The van der Waals surface area contributed by atoms with E-state index in [2.05, 4.69) is 43.4 Å². The van der Waals surface area contributed by atoms with Gasteiger partial charge in [0.25, 0.3) is 5.91 Å². The third-order valence-electron chi connectivity index (χ3n) is 5.94. The van der Waals surface area contributed by atoms with Gasteiger partial charge in [0, 0.05) is 24.1 Å². The zero-order valence-corrected chi connectivity index (χ0v) is 18.4. The molecular weight excluding hydrogens is 374 g/mol. The smallest absolute Gasteiger partial charge is 0.251 e. The number of nitrogens with zero attached hydrogens (tertiary/aromatic N) is 1. The first-order valence-electron chi connectivity index (χ1n) is 11.0. The van der Waals surface area contributed by atoms with Gasteiger partial charge in [-0.15, -0.1) is 0 Å². The number of hydrogen-bond acceptors (Lipinski definition) is 2. The number of carbonyl (C=O) groups excluding carboxylic acids is 2. The highest BCUT2D eigenvalue weighted by molar-refractivity contribution is 5.95. The maximum absolute atomic E-state index is 12.5. The van der Waals surface area contributed by atoms with Crippen LogP contribution >= 0.6 is 0 Å². The van der Waals surface area contributed by atoms with Crippen LogP contribution in [0.15, 0.2) is 48.5 Å². The van der Waals surface area contributed by atoms with Gasteiger partial charge in [-0.25, -0.2) is 0 Å². The number of hydrogen-bond donors (Lipinski definition) is 2. The number of piperazine rings is 1. The molecule has 0 atom stereocenters. The first-order chi connectivity index (χ1) is 14.4. The van der Waals surface area contributed by atoms with Crippen LogP contribution in [0, 0.1) is 6.92 Å². The van der Waals surface area contributed by atoms with E-state index < -0.39 is 0 Å². The number of aryl methyl sites for hydroxylation is 1. The molecule has 160 valence electrons. The molecule has 1 saturated heterocycles. The number of quaternary nitrogens is 1. The van der Waals surface area contributed by atoms with E-state index in [1.54, 1.807) is 0 Å². The second-order valence-electron chi connectivity index (χ2n) is 8.52. The van der Waals surface area contributed by atoms with Crippen LogP contribution in [0.25, 0.3) is 0 Å². The van der Waals surface area contributed by atoms with E-state index in [9.17, 15) is 9.59 Å². The quantitative estimate of drug-likeness (QED) is 0.738. The summed E-state index contributed by atoms with van der Waals surface area (Å²) in [6, 6.07) is 16.4. The van der Waals surface area contributed by atoms with E-state index in [1.807, 2.05) is 36.1 Å². The number of amides is 2. The molecule has 2 aromatic carbocycles. The van der Waals surface area contributed by atoms with Crippen LogP contribution in [0.5, 0.6) is 0 Å². The predicted molar refractivity (Wildman–Crippen MR) is 120 cm³/mol. The Kier molecular flexibility index (Phi) is 7.63. The Labute approximate surface area is 180 Å². The largest absolute Gasteiger partial charge is 0.352 e. The molecule has 2 aromatic rings. The summed E-state index contributed by atoms with van der Waals surface area (Å²) in [6.07, 6.45) is 0.351. The monoisotopic (exact) mass is 408 g/mol. The van der Waals surface area contributed by atoms with Gasteiger partial charge in [0.05, 0.1) is 26.2 Å². The minimum Gasteiger partial charge on any atom is -0.352 e. The van der Waals surface area contributed by atoms with E-state index in [0.717, 1.165) is 38.3 Å². The van der Waals surface area contributed by atoms with E-state index in [-0.39, 0.29) is 11.8 Å². The molecule has 2 amide bonds. The highest BCUT2D eigenvalue weighted by Gasteiger charge is 2.23. The predicted octanol–water partition coefficient (Wildman–Crippen LogP) is 2.17. The first kappa shape index (κ1) is 22.0. The minimum absolute atomic E-state index is 0.112. The topological polar surface area (TPSA) is 53.9 Å². The molecule has 2 N–H and O–H groups in total. The normalized spacial score (nSPS) is 14.7. The summed E-state index contributed by atoms with van der Waals surface area (Å²) in [6.45, 7) is 11.2. The average molecular weight is 409 g/mol. The van der Waals surface area contributed by atoms with E-state index in [0.29, 0.717) is 24.4 Å². The van der Waals surface area contributed by atoms with Crippen LogP contribution < -0.4 is 10.2 Å². The van der Waals surface area contributed by atoms with Crippen molar-refractivity contribution in [2.24, 2.45) is 0 Å². The molecule has 0 unspecified atom stereocenters. The van der Waals surface area contributed by atoms with Crippen molar-refractivity contribution in [3.63, 3.8) is 0 Å². The molecule has 1 fully saturated rings. The van der Waals surface area contributed by atoms with Gasteiger partial charge in [-0.3, -0.25) is 9.59 Å². The summed E-state index contributed by atoms with van der Waals surface area (Å²) in [5.74, 6) is 0.571. The van der Waals surface area contributed by atoms with Crippen LogP contribution in [-0.4, -0.2) is 49.4 Å². The molecule has 30 heavy (non-hydrogen) atoms. The molecule has 3 rings (SSSR count). The van der Waals surface area contributed by atoms with Crippen LogP contribution in [0.2, 0.25) is 0 Å². The third-order valence-corrected chi connectivity index (χ3v) is 5.94. The van der Waals surface area contributed by atoms with Crippen molar-refractivity contribution in [3.05, 3.63) is 70.8 Å². The lowest BCUT2D eigenvalue weighted by atomic mass is 10.0. The maximum Gasteiger partial charge on any atom is 0.251 e. The molecule has 1 aliphatic rings. The molecule has 0 saturated carbocycles. The third kappa shape index (κ3) is 5.92. The van der Waals surface area contributed by atoms with Gasteiger partial charge in [0.1, 0.15) is 6.54 Å². The fourth-order valence-corrected chi connectivity index (χ4v) is 3.92. The van der Waals surface area contributed by atoms with Gasteiger partial charge in [0.2, 0.25) is 5.91 Å². The Bertz CT molecular complexity index is 853. The number of benzene rings is 2. The van der Waals surface area contributed by atoms with Crippen molar-refractivity contribution in [1.29, 1.82) is 0 Å². The lowest BCUT2D eigenvalue weighted by molar-refractivity contribution is -0.917. The number of carbonyl (C=O) groups is 2. The van der Waals surface area contributed by atoms with Crippen molar-refractivity contribution in [1.82, 2.24) is 10.2 Å².